The Hall–Kier alpha value is -1.55. The second-order valence-corrected chi connectivity index (χ2v) is 5.81. The van der Waals surface area contributed by atoms with Gasteiger partial charge >= 0.3 is 0 Å². The fourth-order valence-corrected chi connectivity index (χ4v) is 2.72. The molecule has 1 aromatic rings. The smallest absolute Gasteiger partial charge is 0.224 e. The minimum Gasteiger partial charge on any atom is -0.399 e. The summed E-state index contributed by atoms with van der Waals surface area (Å²) in [5.74, 6) is 0.849. The monoisotopic (exact) mass is 275 g/mol. The van der Waals surface area contributed by atoms with Crippen LogP contribution < -0.4 is 11.1 Å². The van der Waals surface area contributed by atoms with Crippen LogP contribution in [0.4, 0.5) is 5.69 Å². The van der Waals surface area contributed by atoms with Crippen molar-refractivity contribution < 1.29 is 4.79 Å². The molecule has 1 fully saturated rings. The topological polar surface area (TPSA) is 58.4 Å². The summed E-state index contributed by atoms with van der Waals surface area (Å²) in [6.45, 7) is 3.15. The third-order valence-electron chi connectivity index (χ3n) is 4.03. The molecule has 1 aliphatic heterocycles. The van der Waals surface area contributed by atoms with Crippen LogP contribution in [0.25, 0.3) is 0 Å². The van der Waals surface area contributed by atoms with E-state index in [1.54, 1.807) is 0 Å². The van der Waals surface area contributed by atoms with E-state index in [2.05, 4.69) is 17.3 Å². The summed E-state index contributed by atoms with van der Waals surface area (Å²) in [6, 6.07) is 7.52. The van der Waals surface area contributed by atoms with Crippen molar-refractivity contribution in [2.75, 3.05) is 32.4 Å². The van der Waals surface area contributed by atoms with Crippen LogP contribution in [-0.4, -0.2) is 37.5 Å². The zero-order valence-corrected chi connectivity index (χ0v) is 12.3. The second-order valence-electron chi connectivity index (χ2n) is 5.81. The predicted octanol–water partition coefficient (Wildman–Crippen LogP) is 1.66. The predicted molar refractivity (Wildman–Crippen MR) is 82.4 cm³/mol. The fraction of sp³-hybridized carbons (Fsp3) is 0.562. The normalized spacial score (nSPS) is 17.1. The van der Waals surface area contributed by atoms with Gasteiger partial charge in [0, 0.05) is 12.2 Å². The number of rotatable bonds is 5. The number of hydrogen-bond acceptors (Lipinski definition) is 3. The molecule has 0 aliphatic carbocycles. The number of hydrogen-bond donors (Lipinski definition) is 2. The van der Waals surface area contributed by atoms with E-state index < -0.39 is 0 Å². The van der Waals surface area contributed by atoms with Crippen LogP contribution in [0.2, 0.25) is 0 Å². The molecular weight excluding hydrogens is 250 g/mol. The quantitative estimate of drug-likeness (QED) is 0.804. The average molecular weight is 275 g/mol. The maximum atomic E-state index is 11.9. The molecule has 20 heavy (non-hydrogen) atoms. The molecule has 4 nitrogen and oxygen atoms in total. The Balaban J connectivity index is 1.65. The number of piperidine rings is 1. The molecule has 0 aromatic heterocycles. The summed E-state index contributed by atoms with van der Waals surface area (Å²) in [5, 5.41) is 3.02. The van der Waals surface area contributed by atoms with Crippen molar-refractivity contribution in [2.24, 2.45) is 5.92 Å². The van der Waals surface area contributed by atoms with Crippen molar-refractivity contribution in [3.8, 4) is 0 Å². The summed E-state index contributed by atoms with van der Waals surface area (Å²) in [6.07, 6.45) is 4.01. The van der Waals surface area contributed by atoms with Crippen LogP contribution in [0.3, 0.4) is 0 Å². The third kappa shape index (κ3) is 4.85. The van der Waals surface area contributed by atoms with E-state index in [0.717, 1.165) is 24.4 Å². The number of nitrogen functional groups attached to an aromatic ring is 1. The number of carbonyl (C=O) groups is 1. The molecule has 0 unspecified atom stereocenters. The summed E-state index contributed by atoms with van der Waals surface area (Å²) in [4.78, 5) is 14.2. The standard InChI is InChI=1S/C16H25N3O/c1-19-9-6-13(7-10-19)5-8-18-16(20)12-14-3-2-4-15(17)11-14/h2-4,11,13H,5-10,12,17H2,1H3,(H,18,20). The molecule has 0 saturated carbocycles. The summed E-state index contributed by atoms with van der Waals surface area (Å²) >= 11 is 0. The maximum absolute atomic E-state index is 11.9. The first-order chi connectivity index (χ1) is 9.63. The van der Waals surface area contributed by atoms with Crippen LogP contribution in [-0.2, 0) is 11.2 Å². The Bertz CT molecular complexity index is 439. The summed E-state index contributed by atoms with van der Waals surface area (Å²) in [7, 11) is 2.17. The van der Waals surface area contributed by atoms with Crippen LogP contribution in [0.5, 0.6) is 0 Å². The summed E-state index contributed by atoms with van der Waals surface area (Å²) < 4.78 is 0. The highest BCUT2D eigenvalue weighted by molar-refractivity contribution is 5.78. The van der Waals surface area contributed by atoms with Gasteiger partial charge in [0.2, 0.25) is 5.91 Å². The van der Waals surface area contributed by atoms with Gasteiger partial charge in [-0.2, -0.15) is 0 Å². The van der Waals surface area contributed by atoms with Crippen molar-refractivity contribution in [1.29, 1.82) is 0 Å². The van der Waals surface area contributed by atoms with Crippen molar-refractivity contribution in [2.45, 2.75) is 25.7 Å². The van der Waals surface area contributed by atoms with Gasteiger partial charge in [-0.25, -0.2) is 0 Å². The molecule has 1 aromatic carbocycles. The van der Waals surface area contributed by atoms with Crippen LogP contribution >= 0.6 is 0 Å². The molecule has 0 atom stereocenters. The van der Waals surface area contributed by atoms with Gasteiger partial charge in [-0.05, 0) is 63.0 Å². The number of anilines is 1. The number of nitrogens with one attached hydrogen (secondary N) is 1. The second kappa shape index (κ2) is 7.29. The maximum Gasteiger partial charge on any atom is 0.224 e. The number of carbonyl (C=O) groups excluding carboxylic acids is 1. The average Bonchev–Trinajstić information content (AvgIpc) is 2.41. The molecule has 1 aliphatic rings. The molecule has 1 saturated heterocycles. The van der Waals surface area contributed by atoms with Crippen molar-refractivity contribution in [3.05, 3.63) is 29.8 Å². The Morgan fingerprint density at radius 2 is 2.15 bits per heavy atom. The van der Waals surface area contributed by atoms with E-state index in [-0.39, 0.29) is 5.91 Å². The zero-order valence-electron chi connectivity index (χ0n) is 12.3. The van der Waals surface area contributed by atoms with Crippen LogP contribution in [0.1, 0.15) is 24.8 Å². The lowest BCUT2D eigenvalue weighted by atomic mass is 9.94. The lowest BCUT2D eigenvalue weighted by Gasteiger charge is -2.28. The van der Waals surface area contributed by atoms with Gasteiger partial charge in [-0.1, -0.05) is 12.1 Å². The van der Waals surface area contributed by atoms with Crippen LogP contribution in [0, 0.1) is 5.92 Å². The Kier molecular flexibility index (Phi) is 5.41. The molecule has 3 N–H and O–H groups in total. The highest BCUT2D eigenvalue weighted by Crippen LogP contribution is 2.18. The summed E-state index contributed by atoms with van der Waals surface area (Å²) in [5.41, 5.74) is 7.39. The highest BCUT2D eigenvalue weighted by Gasteiger charge is 2.16. The van der Waals surface area contributed by atoms with E-state index >= 15 is 0 Å². The van der Waals surface area contributed by atoms with Gasteiger partial charge in [0.15, 0.2) is 0 Å². The zero-order chi connectivity index (χ0) is 14.4. The largest absolute Gasteiger partial charge is 0.399 e. The molecular formula is C16H25N3O. The van der Waals surface area contributed by atoms with E-state index in [1.807, 2.05) is 24.3 Å². The molecule has 110 valence electrons. The van der Waals surface area contributed by atoms with Gasteiger partial charge in [-0.15, -0.1) is 0 Å². The number of nitrogens with two attached hydrogens (primary N) is 1. The van der Waals surface area contributed by atoms with Gasteiger partial charge in [0.05, 0.1) is 6.42 Å². The van der Waals surface area contributed by atoms with E-state index in [1.165, 1.54) is 25.9 Å². The first kappa shape index (κ1) is 14.9. The molecule has 4 heteroatoms. The Labute approximate surface area is 121 Å². The number of amides is 1. The molecule has 0 spiro atoms. The number of likely N-dealkylation sites (tertiary alicyclic amines) is 1. The Morgan fingerprint density at radius 1 is 1.40 bits per heavy atom. The van der Waals surface area contributed by atoms with E-state index in [4.69, 9.17) is 5.73 Å². The highest BCUT2D eigenvalue weighted by atomic mass is 16.1. The van der Waals surface area contributed by atoms with Gasteiger partial charge in [0.25, 0.3) is 0 Å². The molecule has 0 radical (unpaired) electrons. The number of benzene rings is 1. The lowest BCUT2D eigenvalue weighted by molar-refractivity contribution is -0.120. The molecule has 0 bridgehead atoms. The van der Waals surface area contributed by atoms with Gasteiger partial charge in [0.1, 0.15) is 0 Å². The first-order valence-electron chi connectivity index (χ1n) is 7.43. The van der Waals surface area contributed by atoms with E-state index in [0.29, 0.717) is 12.1 Å². The van der Waals surface area contributed by atoms with Crippen molar-refractivity contribution >= 4 is 11.6 Å². The molecule has 1 amide bonds. The third-order valence-corrected chi connectivity index (χ3v) is 4.03. The first-order valence-corrected chi connectivity index (χ1v) is 7.43. The number of nitrogens with zero attached hydrogens (tertiary/aromatic N) is 1. The minimum atomic E-state index is 0.0866. The van der Waals surface area contributed by atoms with Gasteiger partial charge < -0.3 is 16.0 Å². The van der Waals surface area contributed by atoms with Gasteiger partial charge in [-0.3, -0.25) is 4.79 Å². The minimum absolute atomic E-state index is 0.0866. The fourth-order valence-electron chi connectivity index (χ4n) is 2.72. The SMILES string of the molecule is CN1CCC(CCNC(=O)Cc2cccc(N)c2)CC1. The molecule has 1 heterocycles. The van der Waals surface area contributed by atoms with E-state index in [9.17, 15) is 4.79 Å². The Morgan fingerprint density at radius 3 is 2.85 bits per heavy atom. The van der Waals surface area contributed by atoms with Crippen molar-refractivity contribution in [1.82, 2.24) is 10.2 Å². The van der Waals surface area contributed by atoms with Crippen LogP contribution in [0.15, 0.2) is 24.3 Å². The van der Waals surface area contributed by atoms with Crippen molar-refractivity contribution in [3.63, 3.8) is 0 Å². The lowest BCUT2D eigenvalue weighted by Crippen LogP contribution is -2.33. The molecule has 2 rings (SSSR count).